The van der Waals surface area contributed by atoms with E-state index < -0.39 is 12.0 Å². The summed E-state index contributed by atoms with van der Waals surface area (Å²) in [5, 5.41) is 4.63. The number of hydrogen-bond acceptors (Lipinski definition) is 4. The van der Waals surface area contributed by atoms with E-state index >= 15 is 0 Å². The van der Waals surface area contributed by atoms with Gasteiger partial charge in [-0.2, -0.15) is 0 Å². The number of amides is 1. The van der Waals surface area contributed by atoms with Crippen LogP contribution in [0.15, 0.2) is 78.2 Å². The van der Waals surface area contributed by atoms with Crippen molar-refractivity contribution in [3.8, 4) is 0 Å². The molecular formula is C21H19NO3S. The molecule has 5 heteroatoms. The Balaban J connectivity index is 1.68. The highest BCUT2D eigenvalue weighted by Gasteiger charge is 2.23. The second kappa shape index (κ2) is 8.97. The highest BCUT2D eigenvalue weighted by atomic mass is 32.1. The van der Waals surface area contributed by atoms with Crippen molar-refractivity contribution in [3.05, 3.63) is 94.2 Å². The number of nitrogens with one attached hydrogen (secondary N) is 1. The molecule has 0 aliphatic rings. The molecule has 1 atom stereocenters. The van der Waals surface area contributed by atoms with Crippen molar-refractivity contribution in [2.75, 3.05) is 0 Å². The van der Waals surface area contributed by atoms with E-state index in [1.165, 1.54) is 11.3 Å². The molecule has 0 unspecified atom stereocenters. The third-order valence-corrected chi connectivity index (χ3v) is 4.71. The van der Waals surface area contributed by atoms with Crippen molar-refractivity contribution < 1.29 is 14.3 Å². The van der Waals surface area contributed by atoms with Crippen LogP contribution in [0, 0.1) is 0 Å². The maximum Gasteiger partial charge on any atom is 0.329 e. The molecule has 4 nitrogen and oxygen atoms in total. The summed E-state index contributed by atoms with van der Waals surface area (Å²) in [6.07, 6.45) is 0.381. The second-order valence-corrected chi connectivity index (χ2v) is 6.73. The van der Waals surface area contributed by atoms with Crippen LogP contribution in [0.2, 0.25) is 0 Å². The molecule has 2 aromatic carbocycles. The summed E-state index contributed by atoms with van der Waals surface area (Å²) >= 11 is 1.34. The minimum absolute atomic E-state index is 0.180. The van der Waals surface area contributed by atoms with E-state index in [9.17, 15) is 9.59 Å². The number of ether oxygens (including phenoxy) is 1. The summed E-state index contributed by atoms with van der Waals surface area (Å²) < 4.78 is 5.43. The van der Waals surface area contributed by atoms with Gasteiger partial charge in [0, 0.05) is 6.42 Å². The maximum atomic E-state index is 12.6. The highest BCUT2D eigenvalue weighted by Crippen LogP contribution is 2.11. The van der Waals surface area contributed by atoms with E-state index in [0.717, 1.165) is 11.1 Å². The standard InChI is InChI=1S/C21H19NO3S/c23-20(19-12-7-13-26-19)22-18(14-16-8-3-1-4-9-16)21(24)25-15-17-10-5-2-6-11-17/h1-13,18H,14-15H2,(H,22,23)/t18-/m0/s1. The smallest absolute Gasteiger partial charge is 0.329 e. The Morgan fingerprint density at radius 1 is 0.885 bits per heavy atom. The van der Waals surface area contributed by atoms with Gasteiger partial charge in [-0.05, 0) is 22.6 Å². The molecule has 3 aromatic rings. The van der Waals surface area contributed by atoms with Crippen molar-refractivity contribution >= 4 is 23.2 Å². The molecule has 132 valence electrons. The van der Waals surface area contributed by atoms with Crippen molar-refractivity contribution in [1.29, 1.82) is 0 Å². The molecule has 1 heterocycles. The van der Waals surface area contributed by atoms with Crippen LogP contribution in [-0.4, -0.2) is 17.9 Å². The lowest BCUT2D eigenvalue weighted by molar-refractivity contribution is -0.147. The quantitative estimate of drug-likeness (QED) is 0.648. The zero-order valence-electron chi connectivity index (χ0n) is 14.1. The number of thiophene rings is 1. The molecular weight excluding hydrogens is 346 g/mol. The van der Waals surface area contributed by atoms with Gasteiger partial charge < -0.3 is 10.1 Å². The zero-order valence-corrected chi connectivity index (χ0v) is 14.9. The van der Waals surface area contributed by atoms with Crippen molar-refractivity contribution in [3.63, 3.8) is 0 Å². The molecule has 3 rings (SSSR count). The number of carbonyl (C=O) groups excluding carboxylic acids is 2. The summed E-state index contributed by atoms with van der Waals surface area (Å²) in [5.41, 5.74) is 1.87. The summed E-state index contributed by atoms with van der Waals surface area (Å²) in [4.78, 5) is 25.5. The first-order valence-corrected chi connectivity index (χ1v) is 9.19. The van der Waals surface area contributed by atoms with Gasteiger partial charge in [0.2, 0.25) is 0 Å². The summed E-state index contributed by atoms with van der Waals surface area (Å²) in [5.74, 6) is -0.708. The molecule has 1 amide bonds. The molecule has 0 aliphatic heterocycles. The summed E-state index contributed by atoms with van der Waals surface area (Å²) in [6.45, 7) is 0.180. The fourth-order valence-corrected chi connectivity index (χ4v) is 3.14. The fraction of sp³-hybridized carbons (Fsp3) is 0.143. The van der Waals surface area contributed by atoms with Gasteiger partial charge >= 0.3 is 5.97 Å². The first-order chi connectivity index (χ1) is 12.7. The molecule has 0 bridgehead atoms. The molecule has 0 saturated carbocycles. The third-order valence-electron chi connectivity index (χ3n) is 3.84. The summed E-state index contributed by atoms with van der Waals surface area (Å²) in [6, 6.07) is 21.8. The minimum atomic E-state index is -0.740. The van der Waals surface area contributed by atoms with Crippen molar-refractivity contribution in [2.24, 2.45) is 0 Å². The van der Waals surface area contributed by atoms with Gasteiger partial charge in [-0.1, -0.05) is 66.7 Å². The molecule has 1 aromatic heterocycles. The Morgan fingerprint density at radius 3 is 2.15 bits per heavy atom. The van der Waals surface area contributed by atoms with E-state index in [4.69, 9.17) is 4.74 Å². The summed E-state index contributed by atoms with van der Waals surface area (Å²) in [7, 11) is 0. The van der Waals surface area contributed by atoms with Gasteiger partial charge in [-0.25, -0.2) is 4.79 Å². The SMILES string of the molecule is O=C(N[C@@H](Cc1ccccc1)C(=O)OCc1ccccc1)c1cccs1. The van der Waals surface area contributed by atoms with Gasteiger partial charge in [-0.3, -0.25) is 4.79 Å². The van der Waals surface area contributed by atoms with Gasteiger partial charge in [0.1, 0.15) is 12.6 Å². The van der Waals surface area contributed by atoms with Crippen LogP contribution in [0.5, 0.6) is 0 Å². The minimum Gasteiger partial charge on any atom is -0.459 e. The molecule has 0 spiro atoms. The molecule has 0 fully saturated rings. The number of rotatable bonds is 7. The number of hydrogen-bond donors (Lipinski definition) is 1. The lowest BCUT2D eigenvalue weighted by Crippen LogP contribution is -2.43. The zero-order chi connectivity index (χ0) is 18.2. The fourth-order valence-electron chi connectivity index (χ4n) is 2.51. The van der Waals surface area contributed by atoms with E-state index in [-0.39, 0.29) is 12.5 Å². The van der Waals surface area contributed by atoms with Crippen LogP contribution in [0.1, 0.15) is 20.8 Å². The average Bonchev–Trinajstić information content (AvgIpc) is 3.22. The van der Waals surface area contributed by atoms with E-state index in [0.29, 0.717) is 11.3 Å². The predicted molar refractivity (Wildman–Crippen MR) is 102 cm³/mol. The predicted octanol–water partition coefficient (Wildman–Crippen LogP) is 3.83. The van der Waals surface area contributed by atoms with Crippen LogP contribution >= 0.6 is 11.3 Å². The van der Waals surface area contributed by atoms with Crippen LogP contribution in [0.4, 0.5) is 0 Å². The average molecular weight is 365 g/mol. The maximum absolute atomic E-state index is 12.6. The van der Waals surface area contributed by atoms with E-state index in [1.54, 1.807) is 12.1 Å². The lowest BCUT2D eigenvalue weighted by Gasteiger charge is -2.17. The topological polar surface area (TPSA) is 55.4 Å². The Labute approximate surface area is 156 Å². The van der Waals surface area contributed by atoms with Crippen LogP contribution in [-0.2, 0) is 22.6 Å². The van der Waals surface area contributed by atoms with Crippen LogP contribution in [0.3, 0.4) is 0 Å². The van der Waals surface area contributed by atoms with Crippen LogP contribution < -0.4 is 5.32 Å². The Kier molecular flexibility index (Phi) is 6.17. The first kappa shape index (κ1) is 17.9. The van der Waals surface area contributed by atoms with Gasteiger partial charge in [0.25, 0.3) is 5.91 Å². The Bertz CT molecular complexity index is 832. The van der Waals surface area contributed by atoms with E-state index in [1.807, 2.05) is 66.0 Å². The van der Waals surface area contributed by atoms with Gasteiger partial charge in [0.05, 0.1) is 4.88 Å². The number of esters is 1. The molecule has 1 N–H and O–H groups in total. The number of carbonyl (C=O) groups is 2. The Hall–Kier alpha value is -2.92. The van der Waals surface area contributed by atoms with Gasteiger partial charge in [-0.15, -0.1) is 11.3 Å². The monoisotopic (exact) mass is 365 g/mol. The second-order valence-electron chi connectivity index (χ2n) is 5.79. The largest absolute Gasteiger partial charge is 0.459 e. The molecule has 0 saturated heterocycles. The van der Waals surface area contributed by atoms with Gasteiger partial charge in [0.15, 0.2) is 0 Å². The van der Waals surface area contributed by atoms with Crippen molar-refractivity contribution in [2.45, 2.75) is 19.1 Å². The molecule has 0 radical (unpaired) electrons. The van der Waals surface area contributed by atoms with E-state index in [2.05, 4.69) is 5.32 Å². The number of benzene rings is 2. The lowest BCUT2D eigenvalue weighted by atomic mass is 10.1. The molecule has 26 heavy (non-hydrogen) atoms. The highest BCUT2D eigenvalue weighted by molar-refractivity contribution is 7.12. The van der Waals surface area contributed by atoms with Crippen molar-refractivity contribution in [1.82, 2.24) is 5.32 Å². The molecule has 0 aliphatic carbocycles. The third kappa shape index (κ3) is 5.04. The van der Waals surface area contributed by atoms with Crippen LogP contribution in [0.25, 0.3) is 0 Å². The first-order valence-electron chi connectivity index (χ1n) is 8.31. The Morgan fingerprint density at radius 2 is 1.54 bits per heavy atom. The normalized spacial score (nSPS) is 11.5.